The highest BCUT2D eigenvalue weighted by atomic mass is 16.5. The van der Waals surface area contributed by atoms with Gasteiger partial charge in [0.2, 0.25) is 0 Å². The topological polar surface area (TPSA) is 26.3 Å². The van der Waals surface area contributed by atoms with E-state index in [1.165, 1.54) is 24.8 Å². The summed E-state index contributed by atoms with van der Waals surface area (Å²) < 4.78 is 6.55. The van der Waals surface area contributed by atoms with Gasteiger partial charge in [-0.2, -0.15) is 0 Å². The number of ketones is 1. The Morgan fingerprint density at radius 3 is 2.54 bits per heavy atom. The molecule has 5 atom stereocenters. The molecule has 0 heterocycles. The lowest BCUT2D eigenvalue weighted by atomic mass is 9.51. The first-order valence-corrected chi connectivity index (χ1v) is 9.48. The van der Waals surface area contributed by atoms with Gasteiger partial charge in [0, 0.05) is 17.8 Å². The first-order chi connectivity index (χ1) is 11.3. The zero-order chi connectivity index (χ0) is 17.2. The van der Waals surface area contributed by atoms with E-state index in [2.05, 4.69) is 52.0 Å². The first-order valence-electron chi connectivity index (χ1n) is 9.48. The van der Waals surface area contributed by atoms with E-state index in [-0.39, 0.29) is 28.3 Å². The Bertz CT molecular complexity index is 649. The van der Waals surface area contributed by atoms with Crippen LogP contribution in [0.3, 0.4) is 0 Å². The van der Waals surface area contributed by atoms with Crippen LogP contribution in [0, 0.1) is 28.1 Å². The van der Waals surface area contributed by atoms with Gasteiger partial charge in [-0.3, -0.25) is 4.79 Å². The molecule has 3 aliphatic rings. The molecular formula is C22H30O2. The smallest absolute Gasteiger partial charge is 0.137 e. The summed E-state index contributed by atoms with van der Waals surface area (Å²) in [4.78, 5) is 12.9. The molecule has 1 aromatic rings. The molecular weight excluding hydrogens is 296 g/mol. The van der Waals surface area contributed by atoms with Gasteiger partial charge in [0.05, 0.1) is 12.7 Å². The molecule has 0 N–H and O–H groups in total. The monoisotopic (exact) mass is 326 g/mol. The summed E-state index contributed by atoms with van der Waals surface area (Å²) in [5.74, 6) is 1.20. The van der Waals surface area contributed by atoms with Crippen molar-refractivity contribution in [2.45, 2.75) is 66.1 Å². The Balaban J connectivity index is 1.66. The molecule has 3 fully saturated rings. The minimum absolute atomic E-state index is 0.0832. The second-order valence-electron chi connectivity index (χ2n) is 9.57. The van der Waals surface area contributed by atoms with Crippen LogP contribution in [0.5, 0.6) is 0 Å². The van der Waals surface area contributed by atoms with Crippen LogP contribution in [0.1, 0.15) is 58.9 Å². The fourth-order valence-electron chi connectivity index (χ4n) is 6.94. The van der Waals surface area contributed by atoms with Crippen molar-refractivity contribution < 1.29 is 9.53 Å². The Hall–Kier alpha value is -1.15. The van der Waals surface area contributed by atoms with Crippen molar-refractivity contribution in [3.05, 3.63) is 35.9 Å². The number of hydrogen-bond donors (Lipinski definition) is 0. The number of rotatable bonds is 3. The van der Waals surface area contributed by atoms with E-state index in [1.807, 2.05) is 6.07 Å². The lowest BCUT2D eigenvalue weighted by molar-refractivity contribution is -0.177. The highest BCUT2D eigenvalue weighted by molar-refractivity contribution is 5.86. The van der Waals surface area contributed by atoms with Crippen LogP contribution in [-0.2, 0) is 16.1 Å². The molecule has 2 nitrogen and oxygen atoms in total. The maximum absolute atomic E-state index is 12.9. The van der Waals surface area contributed by atoms with Crippen molar-refractivity contribution in [2.24, 2.45) is 28.1 Å². The van der Waals surface area contributed by atoms with E-state index in [0.717, 1.165) is 6.42 Å². The van der Waals surface area contributed by atoms with Gasteiger partial charge in [0.25, 0.3) is 0 Å². The lowest BCUT2D eigenvalue weighted by Gasteiger charge is -2.55. The standard InChI is InChI=1S/C22H30O2/c1-15-12-17(23)18-20(2,3)19(21(4)10-11-22(15,18)14-21)24-13-16-8-6-5-7-9-16/h5-9,15,18-19H,10-14H2,1-4H3/t15-,18+,19-,21+,22-/m1/s1. The van der Waals surface area contributed by atoms with Crippen molar-refractivity contribution in [3.8, 4) is 0 Å². The number of benzene rings is 1. The lowest BCUT2D eigenvalue weighted by Crippen LogP contribution is -2.56. The quantitative estimate of drug-likeness (QED) is 0.780. The van der Waals surface area contributed by atoms with Gasteiger partial charge in [0.1, 0.15) is 5.78 Å². The van der Waals surface area contributed by atoms with E-state index >= 15 is 0 Å². The molecule has 130 valence electrons. The minimum Gasteiger partial charge on any atom is -0.372 e. The number of carbonyl (C=O) groups is 1. The van der Waals surface area contributed by atoms with E-state index in [1.54, 1.807) is 0 Å². The normalized spacial score (nSPS) is 43.0. The molecule has 3 aliphatic carbocycles. The van der Waals surface area contributed by atoms with Gasteiger partial charge in [-0.25, -0.2) is 0 Å². The van der Waals surface area contributed by atoms with Crippen molar-refractivity contribution in [2.75, 3.05) is 0 Å². The van der Waals surface area contributed by atoms with Crippen LogP contribution < -0.4 is 0 Å². The largest absolute Gasteiger partial charge is 0.372 e. The molecule has 3 saturated carbocycles. The van der Waals surface area contributed by atoms with Crippen LogP contribution >= 0.6 is 0 Å². The van der Waals surface area contributed by atoms with Crippen LogP contribution in [0.25, 0.3) is 0 Å². The third kappa shape index (κ3) is 2.08. The second kappa shape index (κ2) is 5.17. The number of carbonyl (C=O) groups excluding carboxylic acids is 1. The summed E-state index contributed by atoms with van der Waals surface area (Å²) in [7, 11) is 0. The molecule has 1 spiro atoms. The third-order valence-corrected chi connectivity index (χ3v) is 7.59. The van der Waals surface area contributed by atoms with Crippen LogP contribution in [0.2, 0.25) is 0 Å². The van der Waals surface area contributed by atoms with Crippen molar-refractivity contribution in [1.29, 1.82) is 0 Å². The maximum atomic E-state index is 12.9. The highest BCUT2D eigenvalue weighted by Crippen LogP contribution is 2.72. The summed E-state index contributed by atoms with van der Waals surface area (Å²) in [5, 5.41) is 0. The second-order valence-corrected chi connectivity index (χ2v) is 9.57. The third-order valence-electron chi connectivity index (χ3n) is 7.59. The summed E-state index contributed by atoms with van der Waals surface area (Å²) in [6, 6.07) is 10.4. The van der Waals surface area contributed by atoms with Gasteiger partial charge in [-0.1, -0.05) is 58.0 Å². The average molecular weight is 326 g/mol. The van der Waals surface area contributed by atoms with Gasteiger partial charge < -0.3 is 4.74 Å². The van der Waals surface area contributed by atoms with Gasteiger partial charge in [-0.15, -0.1) is 0 Å². The molecule has 0 aromatic heterocycles. The molecule has 1 aromatic carbocycles. The molecule has 0 aliphatic heterocycles. The zero-order valence-electron chi connectivity index (χ0n) is 15.5. The summed E-state index contributed by atoms with van der Waals surface area (Å²) in [6.45, 7) is 9.95. The SMILES string of the molecule is C[C@@H]1CC(=O)[C@H]2C(C)(C)[C@@H](OCc3ccccc3)[C@@]3(C)CC[C@@]12C3. The highest BCUT2D eigenvalue weighted by Gasteiger charge is 2.70. The summed E-state index contributed by atoms with van der Waals surface area (Å²) in [5.41, 5.74) is 1.58. The fourth-order valence-corrected chi connectivity index (χ4v) is 6.94. The van der Waals surface area contributed by atoms with Crippen LogP contribution in [-0.4, -0.2) is 11.9 Å². The van der Waals surface area contributed by atoms with Crippen LogP contribution in [0.15, 0.2) is 30.3 Å². The molecule has 0 amide bonds. The van der Waals surface area contributed by atoms with E-state index in [0.29, 0.717) is 18.3 Å². The summed E-state index contributed by atoms with van der Waals surface area (Å²) in [6.07, 6.45) is 4.50. The first kappa shape index (κ1) is 16.3. The molecule has 2 heteroatoms. The molecule has 24 heavy (non-hydrogen) atoms. The maximum Gasteiger partial charge on any atom is 0.137 e. The predicted molar refractivity (Wildman–Crippen MR) is 95.5 cm³/mol. The van der Waals surface area contributed by atoms with Crippen LogP contribution in [0.4, 0.5) is 0 Å². The summed E-state index contributed by atoms with van der Waals surface area (Å²) >= 11 is 0. The number of ether oxygens (including phenoxy) is 1. The van der Waals surface area contributed by atoms with E-state index in [9.17, 15) is 4.79 Å². The van der Waals surface area contributed by atoms with Crippen molar-refractivity contribution in [1.82, 2.24) is 0 Å². The number of hydrogen-bond acceptors (Lipinski definition) is 2. The Morgan fingerprint density at radius 1 is 1.12 bits per heavy atom. The van der Waals surface area contributed by atoms with Gasteiger partial charge in [0.15, 0.2) is 0 Å². The molecule has 0 radical (unpaired) electrons. The van der Waals surface area contributed by atoms with Crippen molar-refractivity contribution in [3.63, 3.8) is 0 Å². The van der Waals surface area contributed by atoms with Gasteiger partial charge in [-0.05, 0) is 41.6 Å². The Kier molecular flexibility index (Phi) is 3.52. The molecule has 4 rings (SSSR count). The number of fused-ring (bicyclic) bond motifs is 1. The van der Waals surface area contributed by atoms with E-state index in [4.69, 9.17) is 4.74 Å². The fraction of sp³-hybridized carbons (Fsp3) is 0.682. The Morgan fingerprint density at radius 2 is 1.83 bits per heavy atom. The average Bonchev–Trinajstić information content (AvgIpc) is 2.96. The molecule has 2 bridgehead atoms. The van der Waals surface area contributed by atoms with Crippen molar-refractivity contribution >= 4 is 5.78 Å². The van der Waals surface area contributed by atoms with E-state index < -0.39 is 0 Å². The Labute approximate surface area is 146 Å². The number of Topliss-reactive ketones (excluding diaryl/α,β-unsaturated/α-hetero) is 1. The zero-order valence-corrected chi connectivity index (χ0v) is 15.5. The van der Waals surface area contributed by atoms with Gasteiger partial charge >= 0.3 is 0 Å². The predicted octanol–water partition coefficient (Wildman–Crippen LogP) is 5.01. The molecule has 0 saturated heterocycles. The minimum atomic E-state index is -0.0832. The molecule has 0 unspecified atom stereocenters.